The molecule has 0 saturated heterocycles. The molecular formula is C11H7ClN4. The van der Waals surface area contributed by atoms with Crippen molar-refractivity contribution < 1.29 is 0 Å². The number of hydrogen-bond acceptors (Lipinski definition) is 3. The summed E-state index contributed by atoms with van der Waals surface area (Å²) in [4.78, 5) is 8.35. The van der Waals surface area contributed by atoms with E-state index in [-0.39, 0.29) is 0 Å². The average molecular weight is 231 g/mol. The molecule has 0 bridgehead atoms. The van der Waals surface area contributed by atoms with Crippen LogP contribution < -0.4 is 0 Å². The number of rotatable bonds is 1. The lowest BCUT2D eigenvalue weighted by Crippen LogP contribution is -1.86. The molecule has 3 aromatic rings. The van der Waals surface area contributed by atoms with Crippen molar-refractivity contribution in [3.63, 3.8) is 0 Å². The van der Waals surface area contributed by atoms with Crippen molar-refractivity contribution in [2.75, 3.05) is 0 Å². The maximum Gasteiger partial charge on any atom is 0.182 e. The Labute approximate surface area is 96.5 Å². The third-order valence-corrected chi connectivity index (χ3v) is 2.50. The Morgan fingerprint density at radius 1 is 1.12 bits per heavy atom. The van der Waals surface area contributed by atoms with Crippen LogP contribution in [0.5, 0.6) is 0 Å². The van der Waals surface area contributed by atoms with E-state index in [1.807, 2.05) is 24.3 Å². The van der Waals surface area contributed by atoms with Crippen LogP contribution in [0.4, 0.5) is 0 Å². The van der Waals surface area contributed by atoms with Crippen LogP contribution in [0.3, 0.4) is 0 Å². The molecule has 1 aromatic carbocycles. The Bertz CT molecular complexity index is 597. The van der Waals surface area contributed by atoms with E-state index in [0.29, 0.717) is 10.8 Å². The molecule has 0 unspecified atom stereocenters. The fourth-order valence-corrected chi connectivity index (χ4v) is 1.59. The molecule has 78 valence electrons. The maximum atomic E-state index is 5.82. The molecule has 0 atom stereocenters. The van der Waals surface area contributed by atoms with Crippen LogP contribution in [-0.2, 0) is 0 Å². The molecular weight excluding hydrogens is 224 g/mol. The van der Waals surface area contributed by atoms with Gasteiger partial charge >= 0.3 is 0 Å². The van der Waals surface area contributed by atoms with Gasteiger partial charge in [0.25, 0.3) is 0 Å². The van der Waals surface area contributed by atoms with Gasteiger partial charge in [-0.2, -0.15) is 0 Å². The average Bonchev–Trinajstić information content (AvgIpc) is 2.73. The van der Waals surface area contributed by atoms with Crippen molar-refractivity contribution >= 4 is 17.2 Å². The first kappa shape index (κ1) is 9.30. The quantitative estimate of drug-likeness (QED) is 0.645. The minimum atomic E-state index is 0.671. The molecule has 0 fully saturated rings. The van der Waals surface area contributed by atoms with Crippen molar-refractivity contribution in [2.45, 2.75) is 0 Å². The topological polar surface area (TPSA) is 43.1 Å². The van der Waals surface area contributed by atoms with Crippen LogP contribution in [0.1, 0.15) is 0 Å². The normalized spacial score (nSPS) is 10.8. The highest BCUT2D eigenvalue weighted by molar-refractivity contribution is 6.30. The van der Waals surface area contributed by atoms with Gasteiger partial charge in [-0.25, -0.2) is 9.50 Å². The summed E-state index contributed by atoms with van der Waals surface area (Å²) in [7, 11) is 0. The predicted molar refractivity (Wildman–Crippen MR) is 61.2 cm³/mol. The number of benzene rings is 1. The first-order valence-corrected chi connectivity index (χ1v) is 5.13. The van der Waals surface area contributed by atoms with Gasteiger partial charge in [0.1, 0.15) is 0 Å². The fraction of sp³-hybridized carbons (Fsp3) is 0. The highest BCUT2D eigenvalue weighted by Crippen LogP contribution is 2.18. The molecule has 16 heavy (non-hydrogen) atoms. The molecule has 0 spiro atoms. The zero-order valence-corrected chi connectivity index (χ0v) is 8.96. The third-order valence-electron chi connectivity index (χ3n) is 2.24. The van der Waals surface area contributed by atoms with Crippen LogP contribution in [-0.4, -0.2) is 19.6 Å². The molecule has 0 saturated carbocycles. The summed E-state index contributed by atoms with van der Waals surface area (Å²) in [6.07, 6.45) is 5.11. The van der Waals surface area contributed by atoms with Gasteiger partial charge in [0.2, 0.25) is 0 Å². The van der Waals surface area contributed by atoms with Gasteiger partial charge in [0, 0.05) is 23.0 Å². The van der Waals surface area contributed by atoms with Crippen molar-refractivity contribution in [2.24, 2.45) is 0 Å². The van der Waals surface area contributed by atoms with Crippen LogP contribution in [0.2, 0.25) is 5.02 Å². The van der Waals surface area contributed by atoms with Gasteiger partial charge in [-0.1, -0.05) is 11.6 Å². The first-order chi connectivity index (χ1) is 7.83. The van der Waals surface area contributed by atoms with Crippen LogP contribution >= 0.6 is 11.6 Å². The summed E-state index contributed by atoms with van der Waals surface area (Å²) in [5.74, 6) is 0.671. The summed E-state index contributed by atoms with van der Waals surface area (Å²) < 4.78 is 1.69. The van der Waals surface area contributed by atoms with Gasteiger partial charge in [-0.3, -0.25) is 4.98 Å². The third kappa shape index (κ3) is 1.53. The zero-order chi connectivity index (χ0) is 11.0. The summed E-state index contributed by atoms with van der Waals surface area (Å²) >= 11 is 5.82. The molecule has 0 aliphatic carbocycles. The SMILES string of the molecule is Clc1ccc(-c2nc3cnccn3n2)cc1. The minimum Gasteiger partial charge on any atom is -0.259 e. The number of nitrogens with zero attached hydrogens (tertiary/aromatic N) is 4. The Kier molecular flexibility index (Phi) is 2.08. The van der Waals surface area contributed by atoms with E-state index in [2.05, 4.69) is 15.1 Å². The highest BCUT2D eigenvalue weighted by atomic mass is 35.5. The fourth-order valence-electron chi connectivity index (χ4n) is 1.47. The van der Waals surface area contributed by atoms with E-state index in [9.17, 15) is 0 Å². The Morgan fingerprint density at radius 3 is 2.69 bits per heavy atom. The van der Waals surface area contributed by atoms with E-state index in [0.717, 1.165) is 11.2 Å². The van der Waals surface area contributed by atoms with E-state index in [4.69, 9.17) is 11.6 Å². The highest BCUT2D eigenvalue weighted by Gasteiger charge is 2.05. The molecule has 3 rings (SSSR count). The monoisotopic (exact) mass is 230 g/mol. The van der Waals surface area contributed by atoms with Crippen molar-refractivity contribution in [3.8, 4) is 11.4 Å². The maximum absolute atomic E-state index is 5.82. The Hall–Kier alpha value is -1.94. The van der Waals surface area contributed by atoms with Crippen molar-refractivity contribution in [1.82, 2.24) is 19.6 Å². The van der Waals surface area contributed by atoms with Crippen molar-refractivity contribution in [1.29, 1.82) is 0 Å². The lowest BCUT2D eigenvalue weighted by molar-refractivity contribution is 0.950. The molecule has 2 aromatic heterocycles. The molecule has 0 amide bonds. The number of fused-ring (bicyclic) bond motifs is 1. The van der Waals surface area contributed by atoms with Gasteiger partial charge in [-0.15, -0.1) is 5.10 Å². The Morgan fingerprint density at radius 2 is 1.94 bits per heavy atom. The Balaban J connectivity index is 2.15. The van der Waals surface area contributed by atoms with Gasteiger partial charge < -0.3 is 0 Å². The second kappa shape index (κ2) is 3.57. The lowest BCUT2D eigenvalue weighted by Gasteiger charge is -1.93. The van der Waals surface area contributed by atoms with Gasteiger partial charge in [0.15, 0.2) is 11.5 Å². The second-order valence-corrected chi connectivity index (χ2v) is 3.76. The molecule has 0 radical (unpaired) electrons. The van der Waals surface area contributed by atoms with E-state index >= 15 is 0 Å². The van der Waals surface area contributed by atoms with Crippen LogP contribution in [0, 0.1) is 0 Å². The molecule has 5 heteroatoms. The van der Waals surface area contributed by atoms with Crippen molar-refractivity contribution in [3.05, 3.63) is 47.9 Å². The molecule has 0 N–H and O–H groups in total. The van der Waals surface area contributed by atoms with E-state index < -0.39 is 0 Å². The number of aromatic nitrogens is 4. The number of halogens is 1. The zero-order valence-electron chi connectivity index (χ0n) is 8.21. The summed E-state index contributed by atoms with van der Waals surface area (Å²) in [5, 5.41) is 5.04. The number of hydrogen-bond donors (Lipinski definition) is 0. The molecule has 2 heterocycles. The van der Waals surface area contributed by atoms with Gasteiger partial charge in [0.05, 0.1) is 6.20 Å². The van der Waals surface area contributed by atoms with Crippen LogP contribution in [0.15, 0.2) is 42.9 Å². The first-order valence-electron chi connectivity index (χ1n) is 4.75. The standard InChI is InChI=1S/C11H7ClN4/c12-9-3-1-8(2-4-9)11-14-10-7-13-5-6-16(10)15-11/h1-7H. The van der Waals surface area contributed by atoms with Gasteiger partial charge in [-0.05, 0) is 24.3 Å². The summed E-state index contributed by atoms with van der Waals surface area (Å²) in [6.45, 7) is 0. The molecule has 4 nitrogen and oxygen atoms in total. The van der Waals surface area contributed by atoms with E-state index in [1.165, 1.54) is 0 Å². The second-order valence-electron chi connectivity index (χ2n) is 3.32. The largest absolute Gasteiger partial charge is 0.259 e. The van der Waals surface area contributed by atoms with Crippen LogP contribution in [0.25, 0.3) is 17.0 Å². The predicted octanol–water partition coefficient (Wildman–Crippen LogP) is 2.44. The molecule has 0 aliphatic rings. The smallest absolute Gasteiger partial charge is 0.182 e. The summed E-state index contributed by atoms with van der Waals surface area (Å²) in [6, 6.07) is 7.43. The molecule has 0 aliphatic heterocycles. The lowest BCUT2D eigenvalue weighted by atomic mass is 10.2. The minimum absolute atomic E-state index is 0.671. The summed E-state index contributed by atoms with van der Waals surface area (Å²) in [5.41, 5.74) is 1.67. The van der Waals surface area contributed by atoms with E-state index in [1.54, 1.807) is 23.1 Å².